The fourth-order valence-electron chi connectivity index (χ4n) is 0.936. The molecule has 0 fully saturated rings. The average Bonchev–Trinajstić information content (AvgIpc) is 2.38. The highest BCUT2D eigenvalue weighted by Crippen LogP contribution is 2.10. The second-order valence-corrected chi connectivity index (χ2v) is 2.87. The molecular formula is C10H10N6O. The molecular weight excluding hydrogens is 220 g/mol. The van der Waals surface area contributed by atoms with Crippen molar-refractivity contribution in [1.82, 2.24) is 5.32 Å². The van der Waals surface area contributed by atoms with E-state index in [0.717, 1.165) is 6.34 Å². The number of rotatable bonds is 4. The minimum absolute atomic E-state index is 0.563. The van der Waals surface area contributed by atoms with Crippen LogP contribution in [-0.4, -0.2) is 18.3 Å². The highest BCUT2D eigenvalue weighted by molar-refractivity contribution is 5.93. The van der Waals surface area contributed by atoms with Crippen LogP contribution in [0, 0.1) is 11.3 Å². The third-order valence-corrected chi connectivity index (χ3v) is 1.70. The van der Waals surface area contributed by atoms with E-state index in [2.05, 4.69) is 20.6 Å². The van der Waals surface area contributed by atoms with Gasteiger partial charge in [-0.15, -0.1) is 0 Å². The Balaban J connectivity index is 2.68. The molecule has 7 nitrogen and oxygen atoms in total. The van der Waals surface area contributed by atoms with Crippen LogP contribution in [0.25, 0.3) is 0 Å². The van der Waals surface area contributed by atoms with Gasteiger partial charge in [-0.2, -0.15) is 20.6 Å². The first-order valence-corrected chi connectivity index (χ1v) is 4.65. The lowest BCUT2D eigenvalue weighted by atomic mass is 10.3. The lowest BCUT2D eigenvalue weighted by Gasteiger charge is -1.99. The maximum absolute atomic E-state index is 11.3. The van der Waals surface area contributed by atoms with E-state index in [1.807, 2.05) is 6.07 Å². The van der Waals surface area contributed by atoms with Gasteiger partial charge < -0.3 is 11.2 Å². The van der Waals surface area contributed by atoms with Crippen LogP contribution in [0.15, 0.2) is 45.7 Å². The quantitative estimate of drug-likeness (QED) is 0.260. The molecule has 0 saturated heterocycles. The molecule has 0 saturated carbocycles. The summed E-state index contributed by atoms with van der Waals surface area (Å²) in [6.07, 6.45) is 0.977. The van der Waals surface area contributed by atoms with Gasteiger partial charge >= 0.3 is 0 Å². The fourth-order valence-corrected chi connectivity index (χ4v) is 0.936. The molecule has 1 atom stereocenters. The van der Waals surface area contributed by atoms with Gasteiger partial charge in [0.25, 0.3) is 5.91 Å². The number of hydrogen-bond acceptors (Lipinski definition) is 6. The minimum Gasteiger partial charge on any atom is -0.322 e. The molecule has 0 aliphatic heterocycles. The van der Waals surface area contributed by atoms with Crippen molar-refractivity contribution in [2.75, 3.05) is 0 Å². The maximum atomic E-state index is 11.3. The Labute approximate surface area is 97.6 Å². The van der Waals surface area contributed by atoms with E-state index in [9.17, 15) is 4.79 Å². The summed E-state index contributed by atoms with van der Waals surface area (Å²) in [5.74, 6) is 4.16. The fraction of sp³-hybridized carbons (Fsp3) is 0.100. The first-order valence-electron chi connectivity index (χ1n) is 4.65. The van der Waals surface area contributed by atoms with Crippen LogP contribution in [0.2, 0.25) is 0 Å². The van der Waals surface area contributed by atoms with Crippen LogP contribution < -0.4 is 11.2 Å². The summed E-state index contributed by atoms with van der Waals surface area (Å²) in [4.78, 5) is 11.3. The van der Waals surface area contributed by atoms with Gasteiger partial charge in [-0.25, -0.2) is 0 Å². The predicted octanol–water partition coefficient (Wildman–Crippen LogP) is 0.681. The van der Waals surface area contributed by atoms with Crippen molar-refractivity contribution >= 4 is 17.9 Å². The van der Waals surface area contributed by atoms with Crippen molar-refractivity contribution in [3.05, 3.63) is 30.3 Å². The van der Waals surface area contributed by atoms with Gasteiger partial charge in [0, 0.05) is 0 Å². The molecule has 86 valence electrons. The number of nitrogens with two attached hydrogens (primary N) is 1. The Morgan fingerprint density at radius 3 is 2.76 bits per heavy atom. The molecule has 0 aromatic heterocycles. The van der Waals surface area contributed by atoms with E-state index >= 15 is 0 Å². The minimum atomic E-state index is -1.23. The summed E-state index contributed by atoms with van der Waals surface area (Å²) >= 11 is 0. The van der Waals surface area contributed by atoms with Gasteiger partial charge in [-0.05, 0) is 12.1 Å². The number of nitriles is 1. The van der Waals surface area contributed by atoms with Crippen molar-refractivity contribution in [3.8, 4) is 6.07 Å². The predicted molar refractivity (Wildman–Crippen MR) is 61.2 cm³/mol. The van der Waals surface area contributed by atoms with Crippen molar-refractivity contribution in [1.29, 1.82) is 5.26 Å². The van der Waals surface area contributed by atoms with E-state index in [1.54, 1.807) is 30.3 Å². The summed E-state index contributed by atoms with van der Waals surface area (Å²) in [6, 6.07) is 9.26. The molecule has 1 rings (SSSR count). The van der Waals surface area contributed by atoms with Gasteiger partial charge in [0.2, 0.25) is 6.04 Å². The van der Waals surface area contributed by atoms with E-state index in [-0.39, 0.29) is 0 Å². The first kappa shape index (κ1) is 12.3. The standard InChI is InChI=1S/C10H10N6O/c11-6-9(10(17)13-7-14-12)16-15-8-4-2-1-3-5-8/h1-5,7,9H,12H2,(H,13,14,17). The smallest absolute Gasteiger partial charge is 0.266 e. The molecule has 1 aromatic carbocycles. The number of azo groups is 1. The van der Waals surface area contributed by atoms with Crippen LogP contribution >= 0.6 is 0 Å². The van der Waals surface area contributed by atoms with Crippen molar-refractivity contribution in [3.63, 3.8) is 0 Å². The number of amides is 1. The largest absolute Gasteiger partial charge is 0.322 e. The maximum Gasteiger partial charge on any atom is 0.266 e. The zero-order valence-corrected chi connectivity index (χ0v) is 8.82. The molecule has 1 aromatic rings. The Morgan fingerprint density at radius 2 is 2.18 bits per heavy atom. The first-order chi connectivity index (χ1) is 8.27. The molecule has 7 heteroatoms. The topological polar surface area (TPSA) is 116 Å². The average molecular weight is 230 g/mol. The van der Waals surface area contributed by atoms with Crippen LogP contribution in [0.1, 0.15) is 0 Å². The third-order valence-electron chi connectivity index (χ3n) is 1.70. The second-order valence-electron chi connectivity index (χ2n) is 2.87. The zero-order chi connectivity index (χ0) is 12.5. The van der Waals surface area contributed by atoms with Crippen molar-refractivity contribution in [2.24, 2.45) is 21.2 Å². The van der Waals surface area contributed by atoms with E-state index in [0.29, 0.717) is 5.69 Å². The number of carbonyl (C=O) groups is 1. The Morgan fingerprint density at radius 1 is 1.47 bits per heavy atom. The number of hydrazone groups is 1. The van der Waals surface area contributed by atoms with E-state index in [1.165, 1.54) is 0 Å². The Bertz CT molecular complexity index is 461. The number of hydrogen-bond donors (Lipinski definition) is 2. The number of nitrogens with zero attached hydrogens (tertiary/aromatic N) is 4. The number of carbonyl (C=O) groups excluding carboxylic acids is 1. The summed E-state index contributed by atoms with van der Waals surface area (Å²) < 4.78 is 0. The monoisotopic (exact) mass is 230 g/mol. The molecule has 1 amide bonds. The van der Waals surface area contributed by atoms with Crippen molar-refractivity contribution in [2.45, 2.75) is 6.04 Å². The van der Waals surface area contributed by atoms with Crippen LogP contribution in [-0.2, 0) is 4.79 Å². The molecule has 3 N–H and O–H groups in total. The number of nitrogens with one attached hydrogen (secondary N) is 1. The van der Waals surface area contributed by atoms with Crippen LogP contribution in [0.5, 0.6) is 0 Å². The summed E-state index contributed by atoms with van der Waals surface area (Å²) in [5.41, 5.74) is 0.563. The van der Waals surface area contributed by atoms with Gasteiger partial charge in [0.15, 0.2) is 0 Å². The van der Waals surface area contributed by atoms with Gasteiger partial charge in [-0.3, -0.25) is 4.79 Å². The zero-order valence-electron chi connectivity index (χ0n) is 8.82. The molecule has 0 aliphatic rings. The molecule has 17 heavy (non-hydrogen) atoms. The van der Waals surface area contributed by atoms with E-state index < -0.39 is 11.9 Å². The molecule has 1 unspecified atom stereocenters. The molecule has 0 bridgehead atoms. The van der Waals surface area contributed by atoms with Gasteiger partial charge in [-0.1, -0.05) is 18.2 Å². The lowest BCUT2D eigenvalue weighted by Crippen LogP contribution is -2.31. The Kier molecular flexibility index (Phi) is 4.84. The lowest BCUT2D eigenvalue weighted by molar-refractivity contribution is -0.119. The number of benzene rings is 1. The molecule has 0 aliphatic carbocycles. The second kappa shape index (κ2) is 6.68. The summed E-state index contributed by atoms with van der Waals surface area (Å²) in [6.45, 7) is 0. The molecule has 0 radical (unpaired) electrons. The van der Waals surface area contributed by atoms with Crippen LogP contribution in [0.4, 0.5) is 5.69 Å². The summed E-state index contributed by atoms with van der Waals surface area (Å²) in [5, 5.41) is 21.4. The SMILES string of the molecule is N#CC(N=Nc1ccccc1)C(=O)NC=NN. The molecule has 0 spiro atoms. The molecule has 0 heterocycles. The normalized spacial score (nSPS) is 12.4. The van der Waals surface area contributed by atoms with E-state index in [4.69, 9.17) is 11.1 Å². The third kappa shape index (κ3) is 4.09. The highest BCUT2D eigenvalue weighted by atomic mass is 16.2. The van der Waals surface area contributed by atoms with Crippen molar-refractivity contribution < 1.29 is 4.79 Å². The Hall–Kier alpha value is -2.75. The van der Waals surface area contributed by atoms with Gasteiger partial charge in [0.05, 0.1) is 5.69 Å². The van der Waals surface area contributed by atoms with Crippen LogP contribution in [0.3, 0.4) is 0 Å². The summed E-state index contributed by atoms with van der Waals surface area (Å²) in [7, 11) is 0. The van der Waals surface area contributed by atoms with Gasteiger partial charge in [0.1, 0.15) is 12.4 Å². The highest BCUT2D eigenvalue weighted by Gasteiger charge is 2.15.